The van der Waals surface area contributed by atoms with Crippen LogP contribution < -0.4 is 0 Å². The molecule has 1 aliphatic heterocycles. The van der Waals surface area contributed by atoms with Gasteiger partial charge in [0.1, 0.15) is 0 Å². The molecule has 2 heteroatoms. The van der Waals surface area contributed by atoms with Crippen molar-refractivity contribution in [3.05, 3.63) is 11.5 Å². The molecule has 4 saturated carbocycles. The molecule has 0 N–H and O–H groups in total. The minimum atomic E-state index is 0.929. The molecule has 4 aliphatic carbocycles. The summed E-state index contributed by atoms with van der Waals surface area (Å²) in [5.41, 5.74) is 0. The Morgan fingerprint density at radius 3 is 2.13 bits per heavy atom. The van der Waals surface area contributed by atoms with Crippen molar-refractivity contribution in [1.29, 1.82) is 0 Å². The quantitative estimate of drug-likeness (QED) is 0.625. The van der Waals surface area contributed by atoms with Gasteiger partial charge in [-0.1, -0.05) is 6.08 Å². The lowest BCUT2D eigenvalue weighted by molar-refractivity contribution is -0.0349. The molecule has 0 unspecified atom stereocenters. The summed E-state index contributed by atoms with van der Waals surface area (Å²) in [6.45, 7) is 1.21. The molecule has 0 aromatic rings. The first-order valence-electron chi connectivity index (χ1n) is 6.48. The molecule has 0 radical (unpaired) electrons. The molecule has 15 heavy (non-hydrogen) atoms. The van der Waals surface area contributed by atoms with Crippen LogP contribution in [0.4, 0.5) is 0 Å². The van der Waals surface area contributed by atoms with Crippen molar-refractivity contribution in [2.75, 3.05) is 6.54 Å². The first kappa shape index (κ1) is 9.12. The van der Waals surface area contributed by atoms with Crippen molar-refractivity contribution in [3.63, 3.8) is 0 Å². The third-order valence-corrected chi connectivity index (χ3v) is 6.06. The summed E-state index contributed by atoms with van der Waals surface area (Å²) in [7, 11) is 0. The van der Waals surface area contributed by atoms with E-state index in [1.807, 2.05) is 11.9 Å². The van der Waals surface area contributed by atoms with Gasteiger partial charge in [-0.15, -0.1) is 0 Å². The van der Waals surface area contributed by atoms with Gasteiger partial charge in [0.2, 0.25) is 0 Å². The molecule has 0 aromatic heterocycles. The first-order valence-corrected chi connectivity index (χ1v) is 7.32. The van der Waals surface area contributed by atoms with E-state index < -0.39 is 0 Å². The predicted molar refractivity (Wildman–Crippen MR) is 64.3 cm³/mol. The first-order chi connectivity index (χ1) is 7.40. The largest absolute Gasteiger partial charge is 0.239 e. The highest BCUT2D eigenvalue weighted by molar-refractivity contribution is 8.00. The van der Waals surface area contributed by atoms with Crippen LogP contribution in [0.5, 0.6) is 0 Å². The number of nitrogens with zero attached hydrogens (tertiary/aromatic N) is 1. The molecule has 0 spiro atoms. The van der Waals surface area contributed by atoms with Crippen LogP contribution in [-0.2, 0) is 0 Å². The van der Waals surface area contributed by atoms with E-state index in [1.165, 1.54) is 6.54 Å². The van der Waals surface area contributed by atoms with Gasteiger partial charge in [0, 0.05) is 12.6 Å². The Hall–Kier alpha value is 0.0500. The van der Waals surface area contributed by atoms with Gasteiger partial charge in [-0.2, -0.15) is 0 Å². The summed E-state index contributed by atoms with van der Waals surface area (Å²) in [6, 6.07) is 0.929. The molecule has 82 valence electrons. The van der Waals surface area contributed by atoms with Gasteiger partial charge in [0.15, 0.2) is 0 Å². The van der Waals surface area contributed by atoms with E-state index in [-0.39, 0.29) is 0 Å². The lowest BCUT2D eigenvalue weighted by atomic mass is 9.54. The highest BCUT2D eigenvalue weighted by Crippen LogP contribution is 2.56. The smallest absolute Gasteiger partial charge is 0.0285 e. The average Bonchev–Trinajstić information content (AvgIpc) is 2.69. The van der Waals surface area contributed by atoms with Crippen LogP contribution in [-0.4, -0.2) is 16.9 Å². The van der Waals surface area contributed by atoms with Gasteiger partial charge in [0.05, 0.1) is 0 Å². The summed E-state index contributed by atoms with van der Waals surface area (Å²) >= 11 is 1.97. The fraction of sp³-hybridized carbons (Fsp3) is 0.846. The molecule has 5 rings (SSSR count). The van der Waals surface area contributed by atoms with Crippen molar-refractivity contribution in [2.45, 2.75) is 38.1 Å². The molecule has 1 nitrogen and oxygen atoms in total. The third kappa shape index (κ3) is 1.34. The normalized spacial score (nSPS) is 52.9. The molecular weight excluding hydrogens is 202 g/mol. The van der Waals surface area contributed by atoms with Crippen molar-refractivity contribution in [2.24, 2.45) is 23.7 Å². The highest BCUT2D eigenvalue weighted by atomic mass is 32.2. The SMILES string of the molecule is C1=CSN(C2C3CC4CC(C3)CC2C4)C1. The topological polar surface area (TPSA) is 3.24 Å². The minimum absolute atomic E-state index is 0.929. The second-order valence-corrected chi connectivity index (χ2v) is 6.95. The van der Waals surface area contributed by atoms with Crippen molar-refractivity contribution in [1.82, 2.24) is 4.31 Å². The Balaban J connectivity index is 1.59. The fourth-order valence-corrected chi connectivity index (χ4v) is 5.86. The maximum atomic E-state index is 2.67. The van der Waals surface area contributed by atoms with Gasteiger partial charge >= 0.3 is 0 Å². The van der Waals surface area contributed by atoms with Gasteiger partial charge in [-0.05, 0) is 73.1 Å². The number of rotatable bonds is 1. The monoisotopic (exact) mass is 221 g/mol. The molecule has 1 heterocycles. The molecule has 0 saturated heterocycles. The van der Waals surface area contributed by atoms with E-state index in [0.717, 1.165) is 29.7 Å². The molecule has 5 aliphatic rings. The van der Waals surface area contributed by atoms with Crippen molar-refractivity contribution < 1.29 is 0 Å². The van der Waals surface area contributed by atoms with E-state index in [9.17, 15) is 0 Å². The zero-order chi connectivity index (χ0) is 9.83. The zero-order valence-corrected chi connectivity index (χ0v) is 9.96. The Labute approximate surface area is 96.4 Å². The molecule has 4 bridgehead atoms. The van der Waals surface area contributed by atoms with Crippen molar-refractivity contribution in [3.8, 4) is 0 Å². The average molecular weight is 221 g/mol. The minimum Gasteiger partial charge on any atom is -0.239 e. The Morgan fingerprint density at radius 1 is 0.933 bits per heavy atom. The van der Waals surface area contributed by atoms with Crippen LogP contribution in [0.25, 0.3) is 0 Å². The van der Waals surface area contributed by atoms with Crippen LogP contribution in [0, 0.1) is 23.7 Å². The van der Waals surface area contributed by atoms with Gasteiger partial charge in [-0.25, -0.2) is 4.31 Å². The summed E-state index contributed by atoms with van der Waals surface area (Å²) in [5.74, 6) is 4.33. The van der Waals surface area contributed by atoms with Crippen LogP contribution in [0.3, 0.4) is 0 Å². The second-order valence-electron chi connectivity index (χ2n) is 6.00. The van der Waals surface area contributed by atoms with E-state index in [4.69, 9.17) is 0 Å². The van der Waals surface area contributed by atoms with Gasteiger partial charge < -0.3 is 0 Å². The van der Waals surface area contributed by atoms with E-state index in [2.05, 4.69) is 15.8 Å². The lowest BCUT2D eigenvalue weighted by Crippen LogP contribution is -2.53. The number of hydrogen-bond donors (Lipinski definition) is 0. The van der Waals surface area contributed by atoms with Crippen LogP contribution in [0.2, 0.25) is 0 Å². The molecule has 4 fully saturated rings. The van der Waals surface area contributed by atoms with E-state index in [0.29, 0.717) is 0 Å². The molecule has 0 aromatic carbocycles. The third-order valence-electron chi connectivity index (χ3n) is 5.09. The summed E-state index contributed by atoms with van der Waals surface area (Å²) in [6.07, 6.45) is 10.1. The van der Waals surface area contributed by atoms with E-state index >= 15 is 0 Å². The molecule has 0 amide bonds. The highest BCUT2D eigenvalue weighted by Gasteiger charge is 2.50. The maximum absolute atomic E-state index is 2.67. The van der Waals surface area contributed by atoms with E-state index in [1.54, 1.807) is 32.1 Å². The summed E-state index contributed by atoms with van der Waals surface area (Å²) in [4.78, 5) is 0. The lowest BCUT2D eigenvalue weighted by Gasteiger charge is -2.56. The Kier molecular flexibility index (Phi) is 1.99. The van der Waals surface area contributed by atoms with Crippen LogP contribution in [0.1, 0.15) is 32.1 Å². The molecule has 0 atom stereocenters. The van der Waals surface area contributed by atoms with Crippen LogP contribution >= 0.6 is 11.9 Å². The maximum Gasteiger partial charge on any atom is 0.0285 e. The summed E-state index contributed by atoms with van der Waals surface area (Å²) < 4.78 is 2.67. The Bertz CT molecular complexity index is 263. The van der Waals surface area contributed by atoms with Gasteiger partial charge in [-0.3, -0.25) is 0 Å². The summed E-state index contributed by atoms with van der Waals surface area (Å²) in [5, 5.41) is 2.28. The zero-order valence-electron chi connectivity index (χ0n) is 9.14. The van der Waals surface area contributed by atoms with Crippen molar-refractivity contribution >= 4 is 11.9 Å². The standard InChI is InChI=1S/C13H19NS/c1-2-14(15-3-1)13-11-5-9-4-10(7-11)8-12(13)6-9/h1,3,9-13H,2,4-8H2. The van der Waals surface area contributed by atoms with Crippen LogP contribution in [0.15, 0.2) is 11.5 Å². The van der Waals surface area contributed by atoms with Gasteiger partial charge in [0.25, 0.3) is 0 Å². The molecular formula is C13H19NS. The number of hydrogen-bond acceptors (Lipinski definition) is 2. The predicted octanol–water partition coefficient (Wildman–Crippen LogP) is 3.29. The Morgan fingerprint density at radius 2 is 1.60 bits per heavy atom. The second kappa shape index (κ2) is 3.27. The fourth-order valence-electron chi connectivity index (χ4n) is 4.87.